The van der Waals surface area contributed by atoms with Crippen LogP contribution in [-0.2, 0) is 10.0 Å². The Bertz CT molecular complexity index is 788. The molecule has 1 aliphatic carbocycles. The van der Waals surface area contributed by atoms with Crippen molar-refractivity contribution in [1.29, 1.82) is 0 Å². The van der Waals surface area contributed by atoms with E-state index in [0.717, 1.165) is 25.8 Å². The number of nitrogens with one attached hydrogen (secondary N) is 1. The molecule has 0 bridgehead atoms. The fourth-order valence-corrected chi connectivity index (χ4v) is 6.08. The zero-order valence-corrected chi connectivity index (χ0v) is 18.1. The molecule has 1 saturated heterocycles. The molecular formula is C20H30ClN3O3S. The minimum absolute atomic E-state index is 0.0202. The van der Waals surface area contributed by atoms with Crippen molar-refractivity contribution < 1.29 is 13.2 Å². The molecule has 156 valence electrons. The normalized spacial score (nSPS) is 19.2. The second-order valence-electron chi connectivity index (χ2n) is 7.78. The summed E-state index contributed by atoms with van der Waals surface area (Å²) in [4.78, 5) is 14.8. The Morgan fingerprint density at radius 2 is 1.86 bits per heavy atom. The van der Waals surface area contributed by atoms with Crippen LogP contribution in [0.2, 0.25) is 5.02 Å². The van der Waals surface area contributed by atoms with Crippen molar-refractivity contribution >= 4 is 27.5 Å². The van der Waals surface area contributed by atoms with Gasteiger partial charge in [-0.2, -0.15) is 4.31 Å². The van der Waals surface area contributed by atoms with E-state index in [4.69, 9.17) is 11.6 Å². The lowest BCUT2D eigenvalue weighted by Crippen LogP contribution is -2.37. The first-order valence-corrected chi connectivity index (χ1v) is 12.0. The topological polar surface area (TPSA) is 69.7 Å². The summed E-state index contributed by atoms with van der Waals surface area (Å²) in [5.41, 5.74) is 0.323. The number of piperidine rings is 1. The lowest BCUT2D eigenvalue weighted by molar-refractivity contribution is 0.0947. The summed E-state index contributed by atoms with van der Waals surface area (Å²) in [5.74, 6) is -0.272. The first kappa shape index (κ1) is 21.6. The number of benzene rings is 1. The van der Waals surface area contributed by atoms with Crippen LogP contribution in [0, 0.1) is 0 Å². The Morgan fingerprint density at radius 1 is 1.18 bits per heavy atom. The van der Waals surface area contributed by atoms with E-state index in [1.807, 2.05) is 0 Å². The molecule has 2 aliphatic rings. The number of hydrogen-bond donors (Lipinski definition) is 1. The van der Waals surface area contributed by atoms with E-state index in [9.17, 15) is 13.2 Å². The van der Waals surface area contributed by atoms with Gasteiger partial charge >= 0.3 is 0 Å². The highest BCUT2D eigenvalue weighted by atomic mass is 35.5. The minimum atomic E-state index is -3.68. The van der Waals surface area contributed by atoms with Gasteiger partial charge in [0.15, 0.2) is 0 Å². The molecule has 28 heavy (non-hydrogen) atoms. The lowest BCUT2D eigenvalue weighted by Gasteiger charge is -2.26. The predicted octanol–water partition coefficient (Wildman–Crippen LogP) is 3.12. The van der Waals surface area contributed by atoms with Crippen LogP contribution >= 0.6 is 11.6 Å². The lowest BCUT2D eigenvalue weighted by atomic mass is 10.2. The maximum atomic E-state index is 12.9. The van der Waals surface area contributed by atoms with Crippen LogP contribution in [0.25, 0.3) is 0 Å². The maximum Gasteiger partial charge on any atom is 0.251 e. The average Bonchev–Trinajstić information content (AvgIpc) is 3.23. The Morgan fingerprint density at radius 3 is 2.54 bits per heavy atom. The number of rotatable bonds is 7. The van der Waals surface area contributed by atoms with Gasteiger partial charge in [-0.1, -0.05) is 30.9 Å². The first-order valence-electron chi connectivity index (χ1n) is 10.2. The molecule has 1 heterocycles. The number of hydrogen-bond acceptors (Lipinski definition) is 4. The Kier molecular flexibility index (Phi) is 7.36. The van der Waals surface area contributed by atoms with Gasteiger partial charge in [0.05, 0.1) is 5.02 Å². The molecule has 8 heteroatoms. The monoisotopic (exact) mass is 427 g/mol. The van der Waals surface area contributed by atoms with Crippen LogP contribution in [0.4, 0.5) is 0 Å². The van der Waals surface area contributed by atoms with Gasteiger partial charge in [-0.15, -0.1) is 0 Å². The average molecular weight is 428 g/mol. The molecule has 2 fully saturated rings. The van der Waals surface area contributed by atoms with Crippen molar-refractivity contribution in [3.05, 3.63) is 28.8 Å². The molecule has 1 aromatic carbocycles. The fraction of sp³-hybridized carbons (Fsp3) is 0.650. The second kappa shape index (κ2) is 9.57. The van der Waals surface area contributed by atoms with Crippen molar-refractivity contribution in [3.8, 4) is 0 Å². The third-order valence-corrected chi connectivity index (χ3v) is 8.20. The van der Waals surface area contributed by atoms with Crippen molar-refractivity contribution in [3.63, 3.8) is 0 Å². The van der Waals surface area contributed by atoms with E-state index in [1.165, 1.54) is 42.1 Å². The summed E-state index contributed by atoms with van der Waals surface area (Å²) in [6, 6.07) is 5.09. The highest BCUT2D eigenvalue weighted by molar-refractivity contribution is 7.89. The molecule has 1 N–H and O–H groups in total. The number of halogens is 1. The summed E-state index contributed by atoms with van der Waals surface area (Å²) < 4.78 is 27.3. The number of likely N-dealkylation sites (N-methyl/N-ethyl adjacent to an activating group) is 1. The molecular weight excluding hydrogens is 398 g/mol. The molecule has 0 radical (unpaired) electrons. The standard InChI is InChI=1S/C20H30ClN3O3S/c1-23(17-7-3-4-8-17)14-11-22-20(25)16-9-10-18(21)19(15-16)28(26,27)24-12-5-2-6-13-24/h9-10,15,17H,2-8,11-14H2,1H3,(H,22,25). The summed E-state index contributed by atoms with van der Waals surface area (Å²) in [6.45, 7) is 2.32. The molecule has 1 amide bonds. The molecule has 1 saturated carbocycles. The van der Waals surface area contributed by atoms with E-state index in [2.05, 4.69) is 17.3 Å². The van der Waals surface area contributed by atoms with E-state index in [0.29, 0.717) is 31.2 Å². The molecule has 0 unspecified atom stereocenters. The minimum Gasteiger partial charge on any atom is -0.351 e. The SMILES string of the molecule is CN(CCNC(=O)c1ccc(Cl)c(S(=O)(=O)N2CCCCC2)c1)C1CCCC1. The van der Waals surface area contributed by atoms with Gasteiger partial charge in [0.25, 0.3) is 5.91 Å². The molecule has 6 nitrogen and oxygen atoms in total. The van der Waals surface area contributed by atoms with E-state index >= 15 is 0 Å². The van der Waals surface area contributed by atoms with Gasteiger partial charge in [-0.25, -0.2) is 8.42 Å². The second-order valence-corrected chi connectivity index (χ2v) is 10.1. The van der Waals surface area contributed by atoms with Crippen molar-refractivity contribution in [1.82, 2.24) is 14.5 Å². The van der Waals surface area contributed by atoms with Crippen LogP contribution < -0.4 is 5.32 Å². The Balaban J connectivity index is 1.64. The zero-order valence-electron chi connectivity index (χ0n) is 16.5. The van der Waals surface area contributed by atoms with Gasteiger partial charge in [0.1, 0.15) is 4.90 Å². The fourth-order valence-electron chi connectivity index (χ4n) is 4.06. The van der Waals surface area contributed by atoms with E-state index in [1.54, 1.807) is 6.07 Å². The van der Waals surface area contributed by atoms with Gasteiger partial charge in [-0.3, -0.25) is 4.79 Å². The maximum absolute atomic E-state index is 12.9. The summed E-state index contributed by atoms with van der Waals surface area (Å²) in [6.07, 6.45) is 7.74. The molecule has 3 rings (SSSR count). The van der Waals surface area contributed by atoms with Crippen molar-refractivity contribution in [2.45, 2.75) is 55.9 Å². The van der Waals surface area contributed by atoms with E-state index in [-0.39, 0.29) is 15.8 Å². The smallest absolute Gasteiger partial charge is 0.251 e. The van der Waals surface area contributed by atoms with Gasteiger partial charge < -0.3 is 10.2 Å². The van der Waals surface area contributed by atoms with Crippen LogP contribution in [0.3, 0.4) is 0 Å². The van der Waals surface area contributed by atoms with Crippen molar-refractivity contribution in [2.75, 3.05) is 33.2 Å². The van der Waals surface area contributed by atoms with Gasteiger partial charge in [0, 0.05) is 37.8 Å². The van der Waals surface area contributed by atoms with Crippen LogP contribution in [0.1, 0.15) is 55.3 Å². The summed E-state index contributed by atoms with van der Waals surface area (Å²) >= 11 is 6.18. The molecule has 1 aliphatic heterocycles. The number of carbonyl (C=O) groups excluding carboxylic acids is 1. The number of nitrogens with zero attached hydrogens (tertiary/aromatic N) is 2. The highest BCUT2D eigenvalue weighted by Crippen LogP contribution is 2.28. The summed E-state index contributed by atoms with van der Waals surface area (Å²) in [5, 5.41) is 3.05. The van der Waals surface area contributed by atoms with E-state index < -0.39 is 10.0 Å². The third kappa shape index (κ3) is 5.06. The molecule has 0 spiro atoms. The molecule has 0 atom stereocenters. The predicted molar refractivity (Wildman–Crippen MR) is 111 cm³/mol. The van der Waals surface area contributed by atoms with Gasteiger partial charge in [-0.05, 0) is 50.9 Å². The third-order valence-electron chi connectivity index (χ3n) is 5.82. The quantitative estimate of drug-likeness (QED) is 0.725. The number of amides is 1. The summed E-state index contributed by atoms with van der Waals surface area (Å²) in [7, 11) is -1.59. The number of sulfonamides is 1. The van der Waals surface area contributed by atoms with Crippen LogP contribution in [0.5, 0.6) is 0 Å². The Hall–Kier alpha value is -1.15. The largest absolute Gasteiger partial charge is 0.351 e. The Labute approximate surface area is 173 Å². The molecule has 1 aromatic rings. The highest BCUT2D eigenvalue weighted by Gasteiger charge is 2.28. The van der Waals surface area contributed by atoms with Crippen LogP contribution in [-0.4, -0.2) is 62.8 Å². The van der Waals surface area contributed by atoms with Crippen molar-refractivity contribution in [2.24, 2.45) is 0 Å². The first-order chi connectivity index (χ1) is 13.4. The zero-order chi connectivity index (χ0) is 20.1. The number of carbonyl (C=O) groups is 1. The van der Waals surface area contributed by atoms with Gasteiger partial charge in [0.2, 0.25) is 10.0 Å². The van der Waals surface area contributed by atoms with Crippen LogP contribution in [0.15, 0.2) is 23.1 Å². The molecule has 0 aromatic heterocycles.